The Morgan fingerprint density at radius 1 is 1.41 bits per heavy atom. The van der Waals surface area contributed by atoms with Gasteiger partial charge in [-0.3, -0.25) is 0 Å². The first-order valence-corrected chi connectivity index (χ1v) is 5.32. The van der Waals surface area contributed by atoms with E-state index in [-0.39, 0.29) is 0 Å². The van der Waals surface area contributed by atoms with Crippen molar-refractivity contribution in [3.8, 4) is 5.88 Å². The number of aliphatic hydroxyl groups is 1. The Morgan fingerprint density at radius 2 is 2.24 bits per heavy atom. The molecule has 0 aromatic carbocycles. The first kappa shape index (κ1) is 11.5. The first-order valence-electron chi connectivity index (χ1n) is 5.32. The summed E-state index contributed by atoms with van der Waals surface area (Å²) in [5.74, 6) is 0.517. The van der Waals surface area contributed by atoms with Crippen LogP contribution < -0.4 is 4.74 Å². The SMILES string of the molecule is CCn1nncc1C(O)c1ccc(OC)nc1. The molecule has 1 N–H and O–H groups in total. The van der Waals surface area contributed by atoms with E-state index in [4.69, 9.17) is 4.74 Å². The van der Waals surface area contributed by atoms with E-state index in [0.29, 0.717) is 23.7 Å². The van der Waals surface area contributed by atoms with E-state index in [0.717, 1.165) is 0 Å². The number of pyridine rings is 1. The molecule has 6 nitrogen and oxygen atoms in total. The van der Waals surface area contributed by atoms with Gasteiger partial charge in [0.15, 0.2) is 0 Å². The third-order valence-electron chi connectivity index (χ3n) is 2.51. The molecule has 0 spiro atoms. The van der Waals surface area contributed by atoms with Crippen LogP contribution in [0.25, 0.3) is 0 Å². The zero-order chi connectivity index (χ0) is 12.3. The molecule has 6 heteroatoms. The maximum absolute atomic E-state index is 10.2. The molecule has 1 atom stereocenters. The average molecular weight is 234 g/mol. The quantitative estimate of drug-likeness (QED) is 0.846. The molecule has 90 valence electrons. The lowest BCUT2D eigenvalue weighted by molar-refractivity contribution is 0.207. The number of methoxy groups -OCH3 is 1. The minimum atomic E-state index is -0.775. The summed E-state index contributed by atoms with van der Waals surface area (Å²) in [4.78, 5) is 4.05. The Hall–Kier alpha value is -1.95. The third-order valence-corrected chi connectivity index (χ3v) is 2.51. The van der Waals surface area contributed by atoms with Gasteiger partial charge in [0, 0.05) is 24.4 Å². The lowest BCUT2D eigenvalue weighted by atomic mass is 10.1. The molecule has 0 amide bonds. The highest BCUT2D eigenvalue weighted by atomic mass is 16.5. The zero-order valence-electron chi connectivity index (χ0n) is 9.74. The summed E-state index contributed by atoms with van der Waals surface area (Å²) in [5, 5.41) is 17.8. The molecule has 0 aliphatic carbocycles. The predicted octanol–water partition coefficient (Wildman–Crippen LogP) is 0.783. The number of aliphatic hydroxyl groups excluding tert-OH is 1. The van der Waals surface area contributed by atoms with Crippen molar-refractivity contribution >= 4 is 0 Å². The van der Waals surface area contributed by atoms with Gasteiger partial charge in [-0.05, 0) is 13.0 Å². The van der Waals surface area contributed by atoms with E-state index >= 15 is 0 Å². The van der Waals surface area contributed by atoms with Crippen LogP contribution in [-0.4, -0.2) is 32.2 Å². The van der Waals surface area contributed by atoms with Crippen LogP contribution in [0.5, 0.6) is 5.88 Å². The topological polar surface area (TPSA) is 73.1 Å². The lowest BCUT2D eigenvalue weighted by Gasteiger charge is -2.11. The number of aromatic nitrogens is 4. The van der Waals surface area contributed by atoms with Crippen molar-refractivity contribution in [1.29, 1.82) is 0 Å². The van der Waals surface area contributed by atoms with E-state index in [9.17, 15) is 5.11 Å². The van der Waals surface area contributed by atoms with Crippen molar-refractivity contribution in [2.75, 3.05) is 7.11 Å². The van der Waals surface area contributed by atoms with Gasteiger partial charge >= 0.3 is 0 Å². The predicted molar refractivity (Wildman–Crippen MR) is 60.5 cm³/mol. The normalized spacial score (nSPS) is 12.4. The first-order chi connectivity index (χ1) is 8.26. The van der Waals surface area contributed by atoms with Crippen molar-refractivity contribution in [3.63, 3.8) is 0 Å². The van der Waals surface area contributed by atoms with Crippen molar-refractivity contribution in [3.05, 3.63) is 35.8 Å². The molecular formula is C11H14N4O2. The van der Waals surface area contributed by atoms with Crippen LogP contribution in [0.1, 0.15) is 24.3 Å². The summed E-state index contributed by atoms with van der Waals surface area (Å²) in [7, 11) is 1.55. The van der Waals surface area contributed by atoms with Gasteiger partial charge in [0.1, 0.15) is 6.10 Å². The molecule has 0 saturated carbocycles. The second-order valence-electron chi connectivity index (χ2n) is 3.51. The number of aryl methyl sites for hydroxylation is 1. The molecule has 0 bridgehead atoms. The van der Waals surface area contributed by atoms with Crippen LogP contribution in [0.4, 0.5) is 0 Å². The van der Waals surface area contributed by atoms with Gasteiger partial charge in [-0.25, -0.2) is 9.67 Å². The Kier molecular flexibility index (Phi) is 3.34. The molecule has 2 heterocycles. The largest absolute Gasteiger partial charge is 0.481 e. The molecule has 0 fully saturated rings. The summed E-state index contributed by atoms with van der Waals surface area (Å²) < 4.78 is 6.61. The van der Waals surface area contributed by atoms with E-state index in [2.05, 4.69) is 15.3 Å². The average Bonchev–Trinajstić information content (AvgIpc) is 2.86. The van der Waals surface area contributed by atoms with Gasteiger partial charge in [-0.1, -0.05) is 5.21 Å². The Labute approximate surface area is 98.9 Å². The van der Waals surface area contributed by atoms with Gasteiger partial charge in [-0.2, -0.15) is 0 Å². The molecule has 0 saturated heterocycles. The van der Waals surface area contributed by atoms with Gasteiger partial charge < -0.3 is 9.84 Å². The monoisotopic (exact) mass is 234 g/mol. The molecule has 17 heavy (non-hydrogen) atoms. The Balaban J connectivity index is 2.27. The highest BCUT2D eigenvalue weighted by Crippen LogP contribution is 2.21. The third kappa shape index (κ3) is 2.26. The summed E-state index contributed by atoms with van der Waals surface area (Å²) in [6.45, 7) is 2.60. The molecule has 0 radical (unpaired) electrons. The molecular weight excluding hydrogens is 220 g/mol. The van der Waals surface area contributed by atoms with E-state index in [1.807, 2.05) is 6.92 Å². The van der Waals surface area contributed by atoms with Crippen molar-refractivity contribution in [2.24, 2.45) is 0 Å². The van der Waals surface area contributed by atoms with Crippen molar-refractivity contribution in [2.45, 2.75) is 19.6 Å². The number of ether oxygens (including phenoxy) is 1. The fourth-order valence-electron chi connectivity index (χ4n) is 1.57. The van der Waals surface area contributed by atoms with E-state index in [1.165, 1.54) is 0 Å². The summed E-state index contributed by atoms with van der Waals surface area (Å²) in [6, 6.07) is 3.47. The molecule has 2 rings (SSSR count). The molecule has 1 unspecified atom stereocenters. The minimum absolute atomic E-state index is 0.517. The number of nitrogens with zero attached hydrogens (tertiary/aromatic N) is 4. The number of rotatable bonds is 4. The van der Waals surface area contributed by atoms with Crippen molar-refractivity contribution < 1.29 is 9.84 Å². The summed E-state index contributed by atoms with van der Waals surface area (Å²) >= 11 is 0. The van der Waals surface area contributed by atoms with Crippen LogP contribution in [0.3, 0.4) is 0 Å². The maximum Gasteiger partial charge on any atom is 0.212 e. The second kappa shape index (κ2) is 4.92. The molecule has 2 aromatic heterocycles. The summed E-state index contributed by atoms with van der Waals surface area (Å²) in [6.07, 6.45) is 2.36. The van der Waals surface area contributed by atoms with Crippen molar-refractivity contribution in [1.82, 2.24) is 20.0 Å². The Morgan fingerprint density at radius 3 is 2.82 bits per heavy atom. The molecule has 2 aromatic rings. The highest BCUT2D eigenvalue weighted by molar-refractivity contribution is 5.25. The standard InChI is InChI=1S/C11H14N4O2/c1-3-15-9(7-13-14-15)11(16)8-4-5-10(17-2)12-6-8/h4-7,11,16H,3H2,1-2H3. The molecule has 0 aliphatic rings. The van der Waals surface area contributed by atoms with Gasteiger partial charge in [0.25, 0.3) is 0 Å². The molecule has 0 aliphatic heterocycles. The maximum atomic E-state index is 10.2. The number of hydrogen-bond donors (Lipinski definition) is 1. The van der Waals surface area contributed by atoms with Crippen LogP contribution in [0.15, 0.2) is 24.5 Å². The highest BCUT2D eigenvalue weighted by Gasteiger charge is 2.16. The van der Waals surface area contributed by atoms with Crippen LogP contribution in [0, 0.1) is 0 Å². The van der Waals surface area contributed by atoms with Crippen LogP contribution in [0.2, 0.25) is 0 Å². The smallest absolute Gasteiger partial charge is 0.212 e. The fourth-order valence-corrected chi connectivity index (χ4v) is 1.57. The fraction of sp³-hybridized carbons (Fsp3) is 0.364. The lowest BCUT2D eigenvalue weighted by Crippen LogP contribution is -2.09. The minimum Gasteiger partial charge on any atom is -0.481 e. The van der Waals surface area contributed by atoms with E-state index < -0.39 is 6.10 Å². The van der Waals surface area contributed by atoms with Gasteiger partial charge in [0.05, 0.1) is 19.0 Å². The zero-order valence-corrected chi connectivity index (χ0v) is 9.74. The van der Waals surface area contributed by atoms with E-state index in [1.54, 1.807) is 36.3 Å². The number of hydrogen-bond acceptors (Lipinski definition) is 5. The second-order valence-corrected chi connectivity index (χ2v) is 3.51. The summed E-state index contributed by atoms with van der Waals surface area (Å²) in [5.41, 5.74) is 1.34. The van der Waals surface area contributed by atoms with Crippen LogP contribution in [-0.2, 0) is 6.54 Å². The van der Waals surface area contributed by atoms with Gasteiger partial charge in [0.2, 0.25) is 5.88 Å². The van der Waals surface area contributed by atoms with Crippen LogP contribution >= 0.6 is 0 Å². The Bertz CT molecular complexity index is 480. The van der Waals surface area contributed by atoms with Gasteiger partial charge in [-0.15, -0.1) is 5.10 Å².